The van der Waals surface area contributed by atoms with Gasteiger partial charge in [0.1, 0.15) is 11.5 Å². The van der Waals surface area contributed by atoms with Crippen LogP contribution in [0.15, 0.2) is 9.59 Å². The summed E-state index contributed by atoms with van der Waals surface area (Å²) in [4.78, 5) is 24.9. The molecule has 1 aromatic heterocycles. The van der Waals surface area contributed by atoms with E-state index in [2.05, 4.69) is 10.3 Å². The summed E-state index contributed by atoms with van der Waals surface area (Å²) in [7, 11) is 1.53. The van der Waals surface area contributed by atoms with Gasteiger partial charge in [-0.2, -0.15) is 0 Å². The van der Waals surface area contributed by atoms with Crippen LogP contribution >= 0.6 is 0 Å². The number of hydrogen-bond acceptors (Lipinski definition) is 4. The van der Waals surface area contributed by atoms with E-state index in [1.807, 2.05) is 0 Å². The average Bonchev–Trinajstić information content (AvgIpc) is 3.04. The maximum atomic E-state index is 11.5. The van der Waals surface area contributed by atoms with Crippen molar-refractivity contribution in [2.45, 2.75) is 19.3 Å². The van der Waals surface area contributed by atoms with Gasteiger partial charge in [0, 0.05) is 13.6 Å². The predicted octanol–water partition coefficient (Wildman–Crippen LogP) is -0.132. The summed E-state index contributed by atoms with van der Waals surface area (Å²) in [5, 5.41) is 2.99. The molecule has 6 heteroatoms. The maximum Gasteiger partial charge on any atom is 0.329 e. The van der Waals surface area contributed by atoms with Crippen molar-refractivity contribution in [2.24, 2.45) is 13.0 Å². The lowest BCUT2D eigenvalue weighted by atomic mass is 10.3. The SMILES string of the molecule is Cn1c(N)c(NCCC2CC2)c(=O)[nH]c1=O. The molecule has 0 atom stereocenters. The summed E-state index contributed by atoms with van der Waals surface area (Å²) < 4.78 is 1.22. The molecule has 4 N–H and O–H groups in total. The van der Waals surface area contributed by atoms with Crippen molar-refractivity contribution in [1.29, 1.82) is 0 Å². The van der Waals surface area contributed by atoms with Gasteiger partial charge in [-0.3, -0.25) is 14.3 Å². The average molecular weight is 224 g/mol. The van der Waals surface area contributed by atoms with Gasteiger partial charge < -0.3 is 11.1 Å². The van der Waals surface area contributed by atoms with E-state index in [-0.39, 0.29) is 5.82 Å². The molecule has 6 nitrogen and oxygen atoms in total. The van der Waals surface area contributed by atoms with Crippen molar-refractivity contribution in [3.05, 3.63) is 20.8 Å². The molecule has 1 fully saturated rings. The monoisotopic (exact) mass is 224 g/mol. The highest BCUT2D eigenvalue weighted by molar-refractivity contribution is 5.60. The molecule has 0 aliphatic heterocycles. The number of aromatic amines is 1. The number of H-pyrrole nitrogens is 1. The molecule has 1 heterocycles. The Morgan fingerprint density at radius 1 is 1.50 bits per heavy atom. The standard InChI is InChI=1S/C10H16N4O2/c1-14-8(11)7(9(15)13-10(14)16)12-5-4-6-2-3-6/h6,12H,2-5,11H2,1H3,(H,13,15,16). The molecular formula is C10H16N4O2. The van der Waals surface area contributed by atoms with E-state index >= 15 is 0 Å². The van der Waals surface area contributed by atoms with Crippen molar-refractivity contribution in [3.8, 4) is 0 Å². The molecule has 0 amide bonds. The Morgan fingerprint density at radius 3 is 2.81 bits per heavy atom. The van der Waals surface area contributed by atoms with E-state index in [1.54, 1.807) is 0 Å². The Hall–Kier alpha value is -1.72. The first-order valence-corrected chi connectivity index (χ1v) is 5.42. The second-order valence-corrected chi connectivity index (χ2v) is 4.24. The van der Waals surface area contributed by atoms with Crippen LogP contribution in [-0.2, 0) is 7.05 Å². The van der Waals surface area contributed by atoms with Crippen LogP contribution in [0.3, 0.4) is 0 Å². The van der Waals surface area contributed by atoms with Crippen LogP contribution in [0.4, 0.5) is 11.5 Å². The quantitative estimate of drug-likeness (QED) is 0.664. The fraction of sp³-hybridized carbons (Fsp3) is 0.600. The van der Waals surface area contributed by atoms with Gasteiger partial charge in [-0.25, -0.2) is 4.79 Å². The number of nitrogens with one attached hydrogen (secondary N) is 2. The normalized spacial score (nSPS) is 15.1. The molecule has 0 unspecified atom stereocenters. The number of rotatable bonds is 4. The first-order chi connectivity index (χ1) is 7.59. The van der Waals surface area contributed by atoms with Gasteiger partial charge in [0.05, 0.1) is 0 Å². The van der Waals surface area contributed by atoms with E-state index in [9.17, 15) is 9.59 Å². The molecule has 0 bridgehead atoms. The Morgan fingerprint density at radius 2 is 2.19 bits per heavy atom. The minimum atomic E-state index is -0.491. The third-order valence-corrected chi connectivity index (χ3v) is 2.92. The highest BCUT2D eigenvalue weighted by Gasteiger charge is 2.20. The molecule has 16 heavy (non-hydrogen) atoms. The van der Waals surface area contributed by atoms with Crippen LogP contribution in [0.5, 0.6) is 0 Å². The lowest BCUT2D eigenvalue weighted by Gasteiger charge is -2.10. The van der Waals surface area contributed by atoms with Crippen LogP contribution in [0.2, 0.25) is 0 Å². The van der Waals surface area contributed by atoms with E-state index in [1.165, 1.54) is 24.5 Å². The molecule has 0 aromatic carbocycles. The summed E-state index contributed by atoms with van der Waals surface area (Å²) in [5.41, 5.74) is 5.05. The van der Waals surface area contributed by atoms with Gasteiger partial charge in [0.15, 0.2) is 0 Å². The van der Waals surface area contributed by atoms with Crippen LogP contribution in [-0.4, -0.2) is 16.1 Å². The first-order valence-electron chi connectivity index (χ1n) is 5.42. The molecule has 0 spiro atoms. The number of nitrogens with two attached hydrogens (primary N) is 1. The molecule has 1 aliphatic rings. The fourth-order valence-electron chi connectivity index (χ4n) is 1.62. The van der Waals surface area contributed by atoms with E-state index in [0.717, 1.165) is 18.9 Å². The van der Waals surface area contributed by atoms with Gasteiger partial charge in [-0.05, 0) is 12.3 Å². The lowest BCUT2D eigenvalue weighted by Crippen LogP contribution is -2.32. The number of nitrogen functional groups attached to an aromatic ring is 1. The maximum absolute atomic E-state index is 11.5. The fourth-order valence-corrected chi connectivity index (χ4v) is 1.62. The van der Waals surface area contributed by atoms with Crippen LogP contribution in [0.25, 0.3) is 0 Å². The first kappa shape index (κ1) is 10.8. The smallest absolute Gasteiger partial charge is 0.329 e. The largest absolute Gasteiger partial charge is 0.383 e. The zero-order valence-electron chi connectivity index (χ0n) is 9.25. The Bertz CT molecular complexity index is 499. The van der Waals surface area contributed by atoms with Crippen molar-refractivity contribution >= 4 is 11.5 Å². The number of nitrogens with zero attached hydrogens (tertiary/aromatic N) is 1. The van der Waals surface area contributed by atoms with E-state index in [4.69, 9.17) is 5.73 Å². The van der Waals surface area contributed by atoms with Crippen molar-refractivity contribution in [1.82, 2.24) is 9.55 Å². The second-order valence-electron chi connectivity index (χ2n) is 4.24. The zero-order chi connectivity index (χ0) is 11.7. The van der Waals surface area contributed by atoms with Gasteiger partial charge >= 0.3 is 5.69 Å². The summed E-state index contributed by atoms with van der Waals surface area (Å²) >= 11 is 0. The van der Waals surface area contributed by atoms with E-state index in [0.29, 0.717) is 5.69 Å². The highest BCUT2D eigenvalue weighted by atomic mass is 16.2. The molecular weight excluding hydrogens is 208 g/mol. The predicted molar refractivity (Wildman–Crippen MR) is 62.5 cm³/mol. The molecule has 1 aliphatic carbocycles. The molecule has 2 rings (SSSR count). The zero-order valence-corrected chi connectivity index (χ0v) is 9.25. The Labute approximate surface area is 92.5 Å². The molecule has 0 saturated heterocycles. The van der Waals surface area contributed by atoms with Crippen LogP contribution in [0, 0.1) is 5.92 Å². The summed E-state index contributed by atoms with van der Waals surface area (Å²) in [5.74, 6) is 0.977. The lowest BCUT2D eigenvalue weighted by molar-refractivity contribution is 0.754. The van der Waals surface area contributed by atoms with Gasteiger partial charge in [-0.15, -0.1) is 0 Å². The van der Waals surface area contributed by atoms with Crippen molar-refractivity contribution < 1.29 is 0 Å². The van der Waals surface area contributed by atoms with Gasteiger partial charge in [0.25, 0.3) is 5.56 Å². The Balaban J connectivity index is 2.15. The number of anilines is 2. The van der Waals surface area contributed by atoms with Crippen molar-refractivity contribution in [2.75, 3.05) is 17.6 Å². The topological polar surface area (TPSA) is 92.9 Å². The minimum Gasteiger partial charge on any atom is -0.383 e. The van der Waals surface area contributed by atoms with Gasteiger partial charge in [-0.1, -0.05) is 12.8 Å². The number of aromatic nitrogens is 2. The van der Waals surface area contributed by atoms with Crippen molar-refractivity contribution in [3.63, 3.8) is 0 Å². The second kappa shape index (κ2) is 4.03. The van der Waals surface area contributed by atoms with Crippen LogP contribution in [0.1, 0.15) is 19.3 Å². The molecule has 1 saturated carbocycles. The summed E-state index contributed by atoms with van der Waals surface area (Å²) in [6.07, 6.45) is 3.60. The molecule has 1 aromatic rings. The molecule has 0 radical (unpaired) electrons. The highest BCUT2D eigenvalue weighted by Crippen LogP contribution is 2.32. The van der Waals surface area contributed by atoms with Crippen LogP contribution < -0.4 is 22.3 Å². The minimum absolute atomic E-state index is 0.185. The van der Waals surface area contributed by atoms with Gasteiger partial charge in [0.2, 0.25) is 0 Å². The van der Waals surface area contributed by atoms with E-state index < -0.39 is 11.2 Å². The number of hydrogen-bond donors (Lipinski definition) is 3. The summed E-state index contributed by atoms with van der Waals surface area (Å²) in [6, 6.07) is 0. The Kier molecular flexibility index (Phi) is 2.72. The third kappa shape index (κ3) is 2.10. The summed E-state index contributed by atoms with van der Waals surface area (Å²) in [6.45, 7) is 0.718. The third-order valence-electron chi connectivity index (χ3n) is 2.92. The molecule has 88 valence electrons.